The molecule has 0 atom stereocenters. The Morgan fingerprint density at radius 3 is 1.23 bits per heavy atom. The van der Waals surface area contributed by atoms with Crippen LogP contribution in [0.15, 0.2) is 169 Å². The predicted molar refractivity (Wildman–Crippen MR) is 375 cm³/mol. The molecule has 0 saturated heterocycles. The van der Waals surface area contributed by atoms with Gasteiger partial charge in [-0.2, -0.15) is 22.8 Å². The number of alkyl halides is 3. The second-order valence-corrected chi connectivity index (χ2v) is 27.9. The van der Waals surface area contributed by atoms with Gasteiger partial charge in [-0.05, 0) is 161 Å². The molecule has 5 aromatic carbocycles. The van der Waals surface area contributed by atoms with E-state index in [0.29, 0.717) is 24.3 Å². The van der Waals surface area contributed by atoms with Gasteiger partial charge in [-0.1, -0.05) is 97.1 Å². The van der Waals surface area contributed by atoms with Gasteiger partial charge in [-0.3, -0.25) is 34.8 Å². The Balaban J connectivity index is 0.00000126. The molecule has 19 nitrogen and oxygen atoms in total. The monoisotopic (exact) mass is 1530 g/mol. The second-order valence-electron chi connectivity index (χ2n) is 21.7. The summed E-state index contributed by atoms with van der Waals surface area (Å²) in [5.41, 5.74) is 11.8. The molecule has 0 aliphatic carbocycles. The number of hydrogen-bond acceptors (Lipinski definition) is 20. The SMILES string of the molecule is CC(C)(Cc1ccc(C(=O)Cl)s1)C(=O)OCc1ccccc1.CC(C)(Cc1ccc(C(=O)Oc2ccc(C(=N)N)cc2F)s1)C(=O)OCc1ccccc1.CC(C)(Cc1cccs1)C(=O)OCc1ccccc1.Cl.N.N=C(N)c1ccc(O)c(F)c1.O=C=O.O=CC(F)(F)F.O=S(Cl)Cl. The highest BCUT2D eigenvalue weighted by Crippen LogP contribution is 2.32. The van der Waals surface area contributed by atoms with E-state index in [1.54, 1.807) is 43.4 Å². The van der Waals surface area contributed by atoms with Gasteiger partial charge in [0.1, 0.15) is 36.4 Å². The molecule has 0 radical (unpaired) electrons. The number of hydrogen-bond donors (Lipinski definition) is 6. The van der Waals surface area contributed by atoms with E-state index in [2.05, 4.69) is 27.4 Å². The lowest BCUT2D eigenvalue weighted by Gasteiger charge is -2.21. The first-order valence-electron chi connectivity index (χ1n) is 27.9. The lowest BCUT2D eigenvalue weighted by atomic mass is 9.89. The largest absolute Gasteiger partial charge is 0.505 e. The molecule has 8 rings (SSSR count). The highest BCUT2D eigenvalue weighted by Gasteiger charge is 2.33. The van der Waals surface area contributed by atoms with Crippen molar-refractivity contribution in [1.82, 2.24) is 6.15 Å². The van der Waals surface area contributed by atoms with Crippen LogP contribution in [0.4, 0.5) is 22.0 Å². The van der Waals surface area contributed by atoms with E-state index >= 15 is 0 Å². The number of rotatable bonds is 20. The predicted octanol–water partition coefficient (Wildman–Crippen LogP) is 15.8. The lowest BCUT2D eigenvalue weighted by molar-refractivity contribution is -0.192. The second kappa shape index (κ2) is 45.2. The highest BCUT2D eigenvalue weighted by molar-refractivity contribution is 8.26. The number of thiophene rings is 3. The van der Waals surface area contributed by atoms with Gasteiger partial charge in [-0.15, -0.1) is 46.4 Å². The number of nitrogens with one attached hydrogen (secondary N) is 2. The van der Waals surface area contributed by atoms with Gasteiger partial charge in [0, 0.05) is 47.1 Å². The number of amidine groups is 2. The zero-order valence-electron chi connectivity index (χ0n) is 53.7. The van der Waals surface area contributed by atoms with Gasteiger partial charge in [0.25, 0.3) is 5.24 Å². The zero-order chi connectivity index (χ0) is 73.1. The molecule has 99 heavy (non-hydrogen) atoms. The first-order chi connectivity index (χ1) is 45.4. The number of nitrogen functional groups attached to an aromatic ring is 2. The maximum absolute atomic E-state index is 14.1. The number of esters is 4. The first-order valence-corrected chi connectivity index (χ1v) is 33.6. The smallest absolute Gasteiger partial charge is 0.446 e. The van der Waals surface area contributed by atoms with Crippen molar-refractivity contribution in [3.05, 3.63) is 233 Å². The summed E-state index contributed by atoms with van der Waals surface area (Å²) in [6, 6.07) is 46.9. The van der Waals surface area contributed by atoms with Gasteiger partial charge < -0.3 is 41.7 Å². The summed E-state index contributed by atoms with van der Waals surface area (Å²) < 4.78 is 88.4. The summed E-state index contributed by atoms with van der Waals surface area (Å²) in [7, 11) is 7.36. The van der Waals surface area contributed by atoms with Crippen molar-refractivity contribution in [1.29, 1.82) is 10.8 Å². The molecule has 32 heteroatoms. The molecule has 0 amide bonds. The number of aromatic hydroxyl groups is 1. The van der Waals surface area contributed by atoms with Crippen LogP contribution in [-0.4, -0.2) is 68.7 Å². The minimum absolute atomic E-state index is 0. The Hall–Kier alpha value is -8.54. The molecule has 0 saturated carbocycles. The molecule has 8 aromatic rings. The fraction of sp³-hybridized carbons (Fsp3) is 0.239. The number of carbonyl (C=O) groups excluding carboxylic acids is 8. The van der Waals surface area contributed by atoms with Crippen molar-refractivity contribution in [3.8, 4) is 11.5 Å². The Morgan fingerprint density at radius 2 is 0.919 bits per heavy atom. The minimum atomic E-state index is -4.64. The number of carbonyl (C=O) groups is 6. The van der Waals surface area contributed by atoms with Gasteiger partial charge in [0.2, 0.25) is 15.5 Å². The summed E-state index contributed by atoms with van der Waals surface area (Å²) >= 11 is 9.61. The first kappa shape index (κ1) is 90.5. The van der Waals surface area contributed by atoms with E-state index in [1.807, 2.05) is 136 Å². The van der Waals surface area contributed by atoms with Crippen LogP contribution >= 0.6 is 79.4 Å². The van der Waals surface area contributed by atoms with E-state index in [9.17, 15) is 45.9 Å². The van der Waals surface area contributed by atoms with Crippen molar-refractivity contribution in [3.63, 3.8) is 0 Å². The van der Waals surface area contributed by atoms with E-state index in [4.69, 9.17) is 76.5 Å². The standard InChI is InChI=1S/C24H23FN2O4S.C17H17ClO3S.C16H18O2S.C7H7FN2O.C2HF3O.CO2.Cl2OS.ClH.H3N/c1-24(2,23(29)30-14-15-6-4-3-5-7-15)13-17-9-11-20(32-17)22(28)31-19-10-8-16(21(26)27)12-18(19)25;1-17(2,10-13-8-9-14(22-13)15(18)19)16(20)21-11-12-6-4-3-5-7-12;1-16(2,11-14-9-6-10-19-14)15(17)18-12-13-7-4-3-5-8-13;8-5-3-4(7(9)10)1-2-6(5)11;3-2(4,5)1-6;2-1-3;1-4(2)3;;/h3-12H,13-14H2,1-2H3,(H3,26,27);3-9H,10-11H2,1-2H3;3-10H,11-12H2,1-2H3;1-3,11H,(H3,9,10);1H;;;1H;1H3. The van der Waals surface area contributed by atoms with Gasteiger partial charge in [0.15, 0.2) is 23.1 Å². The molecule has 10 N–H and O–H groups in total. The van der Waals surface area contributed by atoms with Gasteiger partial charge in [-0.25, -0.2) is 17.8 Å². The van der Waals surface area contributed by atoms with Gasteiger partial charge >= 0.3 is 36.2 Å². The molecular formula is C67H70Cl4F5N5O14S4. The number of nitrogens with two attached hydrogens (primary N) is 2. The van der Waals surface area contributed by atoms with E-state index in [1.165, 1.54) is 45.7 Å². The third-order valence-electron chi connectivity index (χ3n) is 12.3. The van der Waals surface area contributed by atoms with Crippen LogP contribution in [0, 0.1) is 38.7 Å². The van der Waals surface area contributed by atoms with Crippen LogP contribution in [0.5, 0.6) is 11.5 Å². The van der Waals surface area contributed by atoms with E-state index in [0.717, 1.165) is 51.1 Å². The quantitative estimate of drug-likeness (QED) is 0.00603. The van der Waals surface area contributed by atoms with Gasteiger partial charge in [0.05, 0.1) is 21.1 Å². The van der Waals surface area contributed by atoms with Crippen LogP contribution in [-0.2, 0) is 91.3 Å². The molecule has 0 unspecified atom stereocenters. The number of aldehydes is 1. The van der Waals surface area contributed by atoms with E-state index < -0.39 is 66.5 Å². The normalized spacial score (nSPS) is 10.4. The average molecular weight is 1530 g/mol. The lowest BCUT2D eigenvalue weighted by Crippen LogP contribution is -2.28. The third kappa shape index (κ3) is 36.2. The Labute approximate surface area is 602 Å². The third-order valence-corrected chi connectivity index (χ3v) is 15.6. The molecule has 3 heterocycles. The zero-order valence-corrected chi connectivity index (χ0v) is 60.0. The maximum Gasteiger partial charge on any atom is 0.446 e. The van der Waals surface area contributed by atoms with Crippen molar-refractivity contribution < 1.29 is 88.6 Å². The summed E-state index contributed by atoms with van der Waals surface area (Å²) in [5.74, 6) is -4.20. The maximum atomic E-state index is 14.1. The Bertz CT molecular complexity index is 3920. The van der Waals surface area contributed by atoms with Crippen molar-refractivity contribution in [2.75, 3.05) is 0 Å². The van der Waals surface area contributed by atoms with Crippen LogP contribution in [0.3, 0.4) is 0 Å². The van der Waals surface area contributed by atoms with Crippen LogP contribution in [0.2, 0.25) is 0 Å². The molecular weight excluding hydrogens is 1460 g/mol. The average Bonchev–Trinajstić information content (AvgIpc) is 1.81. The fourth-order valence-corrected chi connectivity index (χ4v) is 10.7. The number of halogens is 9. The number of ether oxygens (including phenoxy) is 4. The summed E-state index contributed by atoms with van der Waals surface area (Å²) in [5, 5.41) is 24.6. The molecule has 0 aliphatic heterocycles. The Kier molecular flexibility index (Phi) is 41.3. The highest BCUT2D eigenvalue weighted by atomic mass is 36.0. The van der Waals surface area contributed by atoms with Crippen LogP contribution in [0.25, 0.3) is 0 Å². The fourth-order valence-electron chi connectivity index (χ4n) is 7.43. The van der Waals surface area contributed by atoms with Crippen molar-refractivity contribution >= 4 is 142 Å². The Morgan fingerprint density at radius 1 is 0.576 bits per heavy atom. The van der Waals surface area contributed by atoms with Crippen molar-refractivity contribution in [2.24, 2.45) is 27.7 Å². The molecule has 534 valence electrons. The number of benzene rings is 5. The topological polar surface area (TPSA) is 346 Å². The molecule has 0 aliphatic rings. The van der Waals surface area contributed by atoms with Crippen LogP contribution < -0.4 is 22.4 Å². The molecule has 0 spiro atoms. The minimum Gasteiger partial charge on any atom is -0.505 e. The molecule has 0 fully saturated rings. The number of phenolic OH excluding ortho intramolecular Hbond substituents is 1. The number of phenols is 1. The summed E-state index contributed by atoms with van der Waals surface area (Å²) in [4.78, 5) is 89.2. The molecule has 0 bridgehead atoms. The molecule has 3 aromatic heterocycles. The van der Waals surface area contributed by atoms with Crippen molar-refractivity contribution in [2.45, 2.75) is 86.8 Å². The summed E-state index contributed by atoms with van der Waals surface area (Å²) in [6.45, 7) is 11.9. The van der Waals surface area contributed by atoms with Crippen LogP contribution in [0.1, 0.15) is 103 Å². The van der Waals surface area contributed by atoms with E-state index in [-0.39, 0.29) is 89.3 Å². The summed E-state index contributed by atoms with van der Waals surface area (Å²) in [6.07, 6.45) is -3.85.